The highest BCUT2D eigenvalue weighted by Gasteiger charge is 2.09. The van der Waals surface area contributed by atoms with Crippen LogP contribution in [0.2, 0.25) is 0 Å². The van der Waals surface area contributed by atoms with Crippen LogP contribution in [0.4, 0.5) is 5.69 Å². The summed E-state index contributed by atoms with van der Waals surface area (Å²) in [6.07, 6.45) is 1.76. The third kappa shape index (κ3) is 7.43. The van der Waals surface area contributed by atoms with Crippen molar-refractivity contribution in [1.82, 2.24) is 5.43 Å². The predicted octanol–water partition coefficient (Wildman–Crippen LogP) is 5.03. The highest BCUT2D eigenvalue weighted by atomic mass is 79.9. The van der Waals surface area contributed by atoms with Gasteiger partial charge in [-0.05, 0) is 66.1 Å². The van der Waals surface area contributed by atoms with Crippen LogP contribution in [0, 0.1) is 10.1 Å². The Hall–Kier alpha value is -3.72. The molecule has 3 rings (SSSR count). The summed E-state index contributed by atoms with van der Waals surface area (Å²) in [7, 11) is 0. The third-order valence-corrected chi connectivity index (χ3v) is 5.02. The number of hydrazone groups is 1. The summed E-state index contributed by atoms with van der Waals surface area (Å²) in [6, 6.07) is 19.0. The first kappa shape index (κ1) is 23.9. The van der Waals surface area contributed by atoms with Gasteiger partial charge in [0.25, 0.3) is 5.69 Å². The number of hydrogen-bond acceptors (Lipinski definition) is 6. The van der Waals surface area contributed by atoms with Crippen LogP contribution in [0.5, 0.6) is 11.5 Å². The normalized spacial score (nSPS) is 10.7. The summed E-state index contributed by atoms with van der Waals surface area (Å²) in [6.45, 7) is 2.54. The van der Waals surface area contributed by atoms with E-state index in [1.54, 1.807) is 30.3 Å². The number of carbonyl (C=O) groups excluding carboxylic acids is 1. The zero-order valence-corrected chi connectivity index (χ0v) is 19.4. The molecule has 0 saturated heterocycles. The van der Waals surface area contributed by atoms with E-state index < -0.39 is 4.92 Å². The Morgan fingerprint density at radius 3 is 2.39 bits per heavy atom. The van der Waals surface area contributed by atoms with Crippen molar-refractivity contribution in [2.45, 2.75) is 20.0 Å². The van der Waals surface area contributed by atoms with Gasteiger partial charge in [-0.1, -0.05) is 28.1 Å². The van der Waals surface area contributed by atoms with Gasteiger partial charge in [-0.2, -0.15) is 5.10 Å². The Labute approximate surface area is 199 Å². The third-order valence-electron chi connectivity index (χ3n) is 4.49. The number of ether oxygens (including phenoxy) is 2. The second-order valence-electron chi connectivity index (χ2n) is 6.95. The largest absolute Gasteiger partial charge is 0.490 e. The van der Waals surface area contributed by atoms with E-state index in [0.29, 0.717) is 18.1 Å². The van der Waals surface area contributed by atoms with Crippen molar-refractivity contribution in [2.24, 2.45) is 5.10 Å². The van der Waals surface area contributed by atoms with E-state index in [2.05, 4.69) is 26.5 Å². The topological polar surface area (TPSA) is 103 Å². The van der Waals surface area contributed by atoms with Crippen molar-refractivity contribution in [1.29, 1.82) is 0 Å². The molecule has 33 heavy (non-hydrogen) atoms. The number of nitro benzene ring substituents is 1. The summed E-state index contributed by atoms with van der Waals surface area (Å²) >= 11 is 3.36. The van der Waals surface area contributed by atoms with E-state index >= 15 is 0 Å². The van der Waals surface area contributed by atoms with E-state index in [-0.39, 0.29) is 24.6 Å². The summed E-state index contributed by atoms with van der Waals surface area (Å²) in [4.78, 5) is 22.4. The van der Waals surface area contributed by atoms with Gasteiger partial charge in [0, 0.05) is 16.6 Å². The average molecular weight is 512 g/mol. The number of amides is 1. The Bertz CT molecular complexity index is 1130. The van der Waals surface area contributed by atoms with Gasteiger partial charge in [0.1, 0.15) is 6.61 Å². The van der Waals surface area contributed by atoms with Crippen LogP contribution in [-0.2, 0) is 17.8 Å². The number of nitrogens with zero attached hydrogens (tertiary/aromatic N) is 2. The van der Waals surface area contributed by atoms with Crippen LogP contribution in [0.25, 0.3) is 0 Å². The number of non-ortho nitro benzene ring substituents is 1. The minimum atomic E-state index is -0.443. The van der Waals surface area contributed by atoms with Gasteiger partial charge in [-0.3, -0.25) is 14.9 Å². The Morgan fingerprint density at radius 1 is 1.03 bits per heavy atom. The first-order valence-electron chi connectivity index (χ1n) is 10.1. The molecule has 0 fully saturated rings. The van der Waals surface area contributed by atoms with E-state index in [9.17, 15) is 14.9 Å². The van der Waals surface area contributed by atoms with E-state index in [1.807, 2.05) is 31.2 Å². The van der Waals surface area contributed by atoms with Crippen LogP contribution in [0.15, 0.2) is 76.3 Å². The number of nitro groups is 1. The summed E-state index contributed by atoms with van der Waals surface area (Å²) < 4.78 is 12.5. The molecule has 0 spiro atoms. The highest BCUT2D eigenvalue weighted by molar-refractivity contribution is 9.10. The molecule has 0 bridgehead atoms. The maximum absolute atomic E-state index is 12.1. The zero-order chi connectivity index (χ0) is 23.6. The van der Waals surface area contributed by atoms with Crippen LogP contribution < -0.4 is 14.9 Å². The fourth-order valence-electron chi connectivity index (χ4n) is 2.87. The lowest BCUT2D eigenvalue weighted by Crippen LogP contribution is -2.19. The molecular weight excluding hydrogens is 490 g/mol. The molecule has 3 aromatic carbocycles. The van der Waals surface area contributed by atoms with E-state index in [0.717, 1.165) is 21.2 Å². The van der Waals surface area contributed by atoms with Crippen LogP contribution >= 0.6 is 15.9 Å². The molecule has 1 N–H and O–H groups in total. The monoisotopic (exact) mass is 511 g/mol. The molecule has 0 saturated carbocycles. The number of benzene rings is 3. The Kier molecular flexibility index (Phi) is 8.54. The SMILES string of the molecule is CCOc1cc(/C=N\NC(=O)Cc2ccc(Br)cc2)ccc1OCc1ccc([N+](=O)[O-])cc1. The molecule has 0 aliphatic rings. The lowest BCUT2D eigenvalue weighted by atomic mass is 10.1. The van der Waals surface area contributed by atoms with Gasteiger partial charge in [0.15, 0.2) is 11.5 Å². The number of nitrogens with one attached hydrogen (secondary N) is 1. The average Bonchev–Trinajstić information content (AvgIpc) is 2.80. The molecule has 0 radical (unpaired) electrons. The fourth-order valence-corrected chi connectivity index (χ4v) is 3.14. The van der Waals surface area contributed by atoms with Gasteiger partial charge in [-0.15, -0.1) is 0 Å². The molecule has 1 amide bonds. The summed E-state index contributed by atoms with van der Waals surface area (Å²) in [5.74, 6) is 0.845. The molecule has 0 aliphatic heterocycles. The minimum Gasteiger partial charge on any atom is -0.490 e. The molecule has 9 heteroatoms. The second kappa shape index (κ2) is 11.8. The van der Waals surface area contributed by atoms with Crippen molar-refractivity contribution < 1.29 is 19.2 Å². The number of rotatable bonds is 10. The van der Waals surface area contributed by atoms with Gasteiger partial charge < -0.3 is 9.47 Å². The number of carbonyl (C=O) groups is 1. The molecule has 8 nitrogen and oxygen atoms in total. The Morgan fingerprint density at radius 2 is 1.73 bits per heavy atom. The highest BCUT2D eigenvalue weighted by Crippen LogP contribution is 2.29. The molecule has 170 valence electrons. The van der Waals surface area contributed by atoms with Crippen LogP contribution in [0.1, 0.15) is 23.6 Å². The van der Waals surface area contributed by atoms with Gasteiger partial charge in [0.05, 0.1) is 24.2 Å². The first-order valence-corrected chi connectivity index (χ1v) is 10.9. The molecule has 0 atom stereocenters. The quantitative estimate of drug-likeness (QED) is 0.233. The predicted molar refractivity (Wildman–Crippen MR) is 129 cm³/mol. The van der Waals surface area contributed by atoms with Crippen LogP contribution in [-0.4, -0.2) is 23.7 Å². The van der Waals surface area contributed by atoms with Crippen molar-refractivity contribution in [2.75, 3.05) is 6.61 Å². The van der Waals surface area contributed by atoms with E-state index in [1.165, 1.54) is 18.3 Å². The standard InChI is InChI=1S/C24H22BrN3O5/c1-2-32-23-13-19(15-26-27-24(29)14-17-3-8-20(25)9-4-17)7-12-22(23)33-16-18-5-10-21(11-6-18)28(30)31/h3-13,15H,2,14,16H2,1H3,(H,27,29)/b26-15-. The molecule has 0 aliphatic carbocycles. The Balaban J connectivity index is 1.59. The zero-order valence-electron chi connectivity index (χ0n) is 17.9. The molecule has 0 heterocycles. The molecular formula is C24H22BrN3O5. The number of hydrogen-bond donors (Lipinski definition) is 1. The lowest BCUT2D eigenvalue weighted by molar-refractivity contribution is -0.384. The van der Waals surface area contributed by atoms with Crippen molar-refractivity contribution in [3.8, 4) is 11.5 Å². The first-order chi connectivity index (χ1) is 15.9. The lowest BCUT2D eigenvalue weighted by Gasteiger charge is -2.12. The number of halogens is 1. The second-order valence-corrected chi connectivity index (χ2v) is 7.86. The van der Waals surface area contributed by atoms with Gasteiger partial charge >= 0.3 is 0 Å². The van der Waals surface area contributed by atoms with E-state index in [4.69, 9.17) is 9.47 Å². The molecule has 0 aromatic heterocycles. The molecule has 3 aromatic rings. The fraction of sp³-hybridized carbons (Fsp3) is 0.167. The van der Waals surface area contributed by atoms with Gasteiger partial charge in [0.2, 0.25) is 5.91 Å². The minimum absolute atomic E-state index is 0.0290. The van der Waals surface area contributed by atoms with Crippen molar-refractivity contribution in [3.63, 3.8) is 0 Å². The van der Waals surface area contributed by atoms with Crippen molar-refractivity contribution >= 4 is 33.7 Å². The maximum Gasteiger partial charge on any atom is 0.269 e. The molecule has 0 unspecified atom stereocenters. The maximum atomic E-state index is 12.1. The van der Waals surface area contributed by atoms with Crippen molar-refractivity contribution in [3.05, 3.63) is 98.0 Å². The van der Waals surface area contributed by atoms with Gasteiger partial charge in [-0.25, -0.2) is 5.43 Å². The smallest absolute Gasteiger partial charge is 0.269 e. The summed E-state index contributed by atoms with van der Waals surface area (Å²) in [5, 5.41) is 14.8. The van der Waals surface area contributed by atoms with Crippen LogP contribution in [0.3, 0.4) is 0 Å². The summed E-state index contributed by atoms with van der Waals surface area (Å²) in [5.41, 5.74) is 4.96.